The van der Waals surface area contributed by atoms with Crippen LogP contribution in [0.1, 0.15) is 6.92 Å². The lowest BCUT2D eigenvalue weighted by atomic mass is 10.4. The fourth-order valence-electron chi connectivity index (χ4n) is 1.61. The van der Waals surface area contributed by atoms with E-state index in [9.17, 15) is 4.57 Å². The Labute approximate surface area is 122 Å². The average Bonchev–Trinajstić information content (AvgIpc) is 2.69. The van der Waals surface area contributed by atoms with Crippen LogP contribution in [0.5, 0.6) is 0 Å². The number of ether oxygens (including phenoxy) is 1. The minimum absolute atomic E-state index is 0.106. The molecule has 0 spiro atoms. The number of halogens is 1. The van der Waals surface area contributed by atoms with Crippen LogP contribution >= 0.6 is 23.5 Å². The highest BCUT2D eigenvalue weighted by atomic mass is 79.9. The smallest absolute Gasteiger partial charge is 0.350 e. The molecule has 11 heteroatoms. The van der Waals surface area contributed by atoms with Crippen molar-refractivity contribution in [2.24, 2.45) is 0 Å². The Morgan fingerprint density at radius 1 is 1.55 bits per heavy atom. The van der Waals surface area contributed by atoms with Gasteiger partial charge >= 0.3 is 7.60 Å². The highest BCUT2D eigenvalue weighted by Gasteiger charge is 2.17. The number of nitrogens with two attached hydrogens (primary N) is 1. The molecule has 2 heterocycles. The summed E-state index contributed by atoms with van der Waals surface area (Å²) in [7, 11) is -4.17. The molecule has 110 valence electrons. The normalized spacial score (nSPS) is 13.8. The van der Waals surface area contributed by atoms with E-state index in [1.165, 1.54) is 0 Å². The van der Waals surface area contributed by atoms with E-state index < -0.39 is 20.0 Å². The second-order valence-corrected chi connectivity index (χ2v) is 6.55. The quantitative estimate of drug-likeness (QED) is 0.520. The number of imidazole rings is 1. The second kappa shape index (κ2) is 5.74. The van der Waals surface area contributed by atoms with Crippen molar-refractivity contribution in [3.63, 3.8) is 0 Å². The molecule has 2 rings (SSSR count). The van der Waals surface area contributed by atoms with Crippen molar-refractivity contribution in [3.8, 4) is 0 Å². The Balaban J connectivity index is 2.16. The van der Waals surface area contributed by atoms with Crippen LogP contribution in [0.4, 0.5) is 5.95 Å². The van der Waals surface area contributed by atoms with Crippen molar-refractivity contribution in [3.05, 3.63) is 10.9 Å². The van der Waals surface area contributed by atoms with Gasteiger partial charge in [0.25, 0.3) is 0 Å². The molecule has 0 aliphatic carbocycles. The van der Waals surface area contributed by atoms with E-state index >= 15 is 0 Å². The summed E-state index contributed by atoms with van der Waals surface area (Å²) >= 11 is 3.24. The molecule has 2 aromatic heterocycles. The first kappa shape index (κ1) is 15.3. The number of nitrogen functional groups attached to an aromatic ring is 1. The Kier molecular flexibility index (Phi) is 4.40. The van der Waals surface area contributed by atoms with Gasteiger partial charge in [-0.2, -0.15) is 4.98 Å². The highest BCUT2D eigenvalue weighted by molar-refractivity contribution is 9.10. The van der Waals surface area contributed by atoms with Gasteiger partial charge in [0.15, 0.2) is 5.65 Å². The molecule has 0 fully saturated rings. The Morgan fingerprint density at radius 3 is 2.90 bits per heavy atom. The van der Waals surface area contributed by atoms with Gasteiger partial charge in [-0.1, -0.05) is 0 Å². The first-order valence-electron chi connectivity index (χ1n) is 5.56. The fourth-order valence-corrected chi connectivity index (χ4v) is 2.52. The van der Waals surface area contributed by atoms with E-state index in [0.29, 0.717) is 22.3 Å². The maximum absolute atomic E-state index is 10.7. The Bertz CT molecular complexity index is 672. The zero-order valence-corrected chi connectivity index (χ0v) is 13.0. The molecule has 0 aliphatic heterocycles. The summed E-state index contributed by atoms with van der Waals surface area (Å²) in [4.78, 5) is 29.7. The number of fused-ring (bicyclic) bond motifs is 1. The SMILES string of the molecule is CC(Cn1cnc2c(Br)nc(N)nc21)OCP(=O)(O)O. The summed E-state index contributed by atoms with van der Waals surface area (Å²) in [6.45, 7) is 2.03. The first-order chi connectivity index (χ1) is 9.26. The summed E-state index contributed by atoms with van der Waals surface area (Å²) in [5.41, 5.74) is 6.65. The molecule has 0 aromatic carbocycles. The zero-order chi connectivity index (χ0) is 14.9. The standard InChI is InChI=1S/C9H13BrN5O4P/c1-5(19-4-20(16,17)18)2-15-3-12-6-7(10)13-9(11)14-8(6)15/h3,5H,2,4H2,1H3,(H2,11,13,14)(H2,16,17,18). The number of rotatable bonds is 5. The molecule has 0 saturated carbocycles. The summed E-state index contributed by atoms with van der Waals surface area (Å²) in [6.07, 6.45) is 0.498. The molecular weight excluding hydrogens is 353 g/mol. The van der Waals surface area contributed by atoms with Crippen LogP contribution in [0.25, 0.3) is 11.2 Å². The molecular formula is C9H13BrN5O4P. The van der Waals surface area contributed by atoms with Crippen molar-refractivity contribution in [2.45, 2.75) is 19.6 Å². The lowest BCUT2D eigenvalue weighted by Gasteiger charge is -2.14. The molecule has 1 unspecified atom stereocenters. The monoisotopic (exact) mass is 365 g/mol. The van der Waals surface area contributed by atoms with Gasteiger partial charge in [-0.15, -0.1) is 0 Å². The lowest BCUT2D eigenvalue weighted by Crippen LogP contribution is -2.17. The van der Waals surface area contributed by atoms with E-state index in [1.54, 1.807) is 17.8 Å². The van der Waals surface area contributed by atoms with Gasteiger partial charge in [-0.3, -0.25) is 4.57 Å². The predicted octanol–water partition coefficient (Wildman–Crippen LogP) is 0.711. The van der Waals surface area contributed by atoms with Gasteiger partial charge in [-0.05, 0) is 22.9 Å². The molecule has 9 nitrogen and oxygen atoms in total. The molecule has 0 radical (unpaired) electrons. The molecule has 0 bridgehead atoms. The number of hydrogen-bond acceptors (Lipinski definition) is 6. The molecule has 0 amide bonds. The van der Waals surface area contributed by atoms with Gasteiger partial charge in [-0.25, -0.2) is 9.97 Å². The van der Waals surface area contributed by atoms with Crippen LogP contribution in [-0.4, -0.2) is 41.8 Å². The third kappa shape index (κ3) is 3.74. The van der Waals surface area contributed by atoms with Gasteiger partial charge in [0.1, 0.15) is 16.5 Å². The first-order valence-corrected chi connectivity index (χ1v) is 8.15. The molecule has 2 aromatic rings. The third-order valence-corrected chi connectivity index (χ3v) is 3.46. The zero-order valence-electron chi connectivity index (χ0n) is 10.5. The van der Waals surface area contributed by atoms with Crippen molar-refractivity contribution in [1.82, 2.24) is 19.5 Å². The van der Waals surface area contributed by atoms with Crippen LogP contribution in [0.3, 0.4) is 0 Å². The Hall–Kier alpha value is -1.06. The highest BCUT2D eigenvalue weighted by Crippen LogP contribution is 2.34. The van der Waals surface area contributed by atoms with E-state index in [1.807, 2.05) is 0 Å². The number of hydrogen-bond donors (Lipinski definition) is 3. The number of nitrogens with zero attached hydrogens (tertiary/aromatic N) is 4. The van der Waals surface area contributed by atoms with Crippen molar-refractivity contribution in [2.75, 3.05) is 12.1 Å². The Morgan fingerprint density at radius 2 is 2.25 bits per heavy atom. The summed E-state index contributed by atoms with van der Waals surface area (Å²) in [5.74, 6) is 0.106. The van der Waals surface area contributed by atoms with Gasteiger partial charge in [0, 0.05) is 0 Å². The third-order valence-electron chi connectivity index (χ3n) is 2.42. The molecule has 0 saturated heterocycles. The number of aromatic nitrogens is 4. The summed E-state index contributed by atoms with van der Waals surface area (Å²) in [5, 5.41) is 0. The summed E-state index contributed by atoms with van der Waals surface area (Å²) in [6, 6.07) is 0. The second-order valence-electron chi connectivity index (χ2n) is 4.21. The van der Waals surface area contributed by atoms with E-state index in [-0.39, 0.29) is 5.95 Å². The van der Waals surface area contributed by atoms with E-state index in [2.05, 4.69) is 30.9 Å². The van der Waals surface area contributed by atoms with E-state index in [4.69, 9.17) is 20.3 Å². The lowest BCUT2D eigenvalue weighted by molar-refractivity contribution is 0.0764. The number of anilines is 1. The van der Waals surface area contributed by atoms with Gasteiger partial charge in [0.05, 0.1) is 19.0 Å². The van der Waals surface area contributed by atoms with Gasteiger partial charge in [0.2, 0.25) is 5.95 Å². The van der Waals surface area contributed by atoms with Crippen molar-refractivity contribution < 1.29 is 19.1 Å². The molecule has 20 heavy (non-hydrogen) atoms. The maximum atomic E-state index is 10.7. The predicted molar refractivity (Wildman–Crippen MR) is 74.9 cm³/mol. The molecule has 0 aliphatic rings. The van der Waals surface area contributed by atoms with Crippen LogP contribution in [0, 0.1) is 0 Å². The average molecular weight is 366 g/mol. The van der Waals surface area contributed by atoms with Gasteiger partial charge < -0.3 is 24.8 Å². The van der Waals surface area contributed by atoms with Crippen LogP contribution in [-0.2, 0) is 15.8 Å². The largest absolute Gasteiger partial charge is 0.368 e. The van der Waals surface area contributed by atoms with Crippen LogP contribution in [0.15, 0.2) is 10.9 Å². The minimum Gasteiger partial charge on any atom is -0.368 e. The molecule has 1 atom stereocenters. The maximum Gasteiger partial charge on any atom is 0.350 e. The van der Waals surface area contributed by atoms with Crippen LogP contribution in [0.2, 0.25) is 0 Å². The van der Waals surface area contributed by atoms with E-state index in [0.717, 1.165) is 0 Å². The topological polar surface area (TPSA) is 136 Å². The van der Waals surface area contributed by atoms with Crippen molar-refractivity contribution >= 4 is 40.6 Å². The summed E-state index contributed by atoms with van der Waals surface area (Å²) < 4.78 is 18.0. The minimum atomic E-state index is -4.17. The van der Waals surface area contributed by atoms with Crippen LogP contribution < -0.4 is 5.73 Å². The fraction of sp³-hybridized carbons (Fsp3) is 0.444. The van der Waals surface area contributed by atoms with Crippen molar-refractivity contribution in [1.29, 1.82) is 0 Å². The molecule has 4 N–H and O–H groups in total.